The SMILES string of the molecule is COc1ccc(-n2ccc(CN=C(N)NCCc3ccccn3)n2)cc1. The van der Waals surface area contributed by atoms with Crippen molar-refractivity contribution in [3.63, 3.8) is 0 Å². The summed E-state index contributed by atoms with van der Waals surface area (Å²) in [5.41, 5.74) is 8.73. The monoisotopic (exact) mass is 350 g/mol. The van der Waals surface area contributed by atoms with E-state index in [2.05, 4.69) is 20.4 Å². The fourth-order valence-corrected chi connectivity index (χ4v) is 2.41. The molecule has 0 atom stereocenters. The highest BCUT2D eigenvalue weighted by Crippen LogP contribution is 2.14. The second kappa shape index (κ2) is 8.66. The third kappa shape index (κ3) is 4.83. The molecule has 3 N–H and O–H groups in total. The fraction of sp³-hybridized carbons (Fsp3) is 0.211. The number of rotatable bonds is 7. The molecule has 0 amide bonds. The van der Waals surface area contributed by atoms with Crippen molar-refractivity contribution in [3.05, 3.63) is 72.3 Å². The smallest absolute Gasteiger partial charge is 0.188 e. The number of guanidine groups is 1. The van der Waals surface area contributed by atoms with Gasteiger partial charge in [-0.3, -0.25) is 4.98 Å². The largest absolute Gasteiger partial charge is 0.497 e. The van der Waals surface area contributed by atoms with E-state index in [0.29, 0.717) is 19.0 Å². The summed E-state index contributed by atoms with van der Waals surface area (Å²) < 4.78 is 6.96. The number of ether oxygens (including phenoxy) is 1. The molecule has 0 aliphatic heterocycles. The van der Waals surface area contributed by atoms with Crippen molar-refractivity contribution in [1.29, 1.82) is 0 Å². The van der Waals surface area contributed by atoms with Gasteiger partial charge in [0.25, 0.3) is 0 Å². The van der Waals surface area contributed by atoms with Crippen LogP contribution in [0, 0.1) is 0 Å². The van der Waals surface area contributed by atoms with Crippen LogP contribution in [0.25, 0.3) is 5.69 Å². The number of hydrogen-bond acceptors (Lipinski definition) is 4. The number of nitrogens with zero attached hydrogens (tertiary/aromatic N) is 4. The molecule has 0 saturated carbocycles. The summed E-state index contributed by atoms with van der Waals surface area (Å²) in [6, 6.07) is 15.5. The van der Waals surface area contributed by atoms with Gasteiger partial charge in [-0.2, -0.15) is 5.10 Å². The van der Waals surface area contributed by atoms with E-state index in [4.69, 9.17) is 10.5 Å². The lowest BCUT2D eigenvalue weighted by molar-refractivity contribution is 0.414. The predicted molar refractivity (Wildman–Crippen MR) is 101 cm³/mol. The summed E-state index contributed by atoms with van der Waals surface area (Å²) in [5.74, 6) is 1.22. The molecule has 0 radical (unpaired) electrons. The lowest BCUT2D eigenvalue weighted by Gasteiger charge is -2.05. The lowest BCUT2D eigenvalue weighted by atomic mass is 10.3. The van der Waals surface area contributed by atoms with Crippen LogP contribution >= 0.6 is 0 Å². The minimum Gasteiger partial charge on any atom is -0.497 e. The Hall–Kier alpha value is -3.35. The number of hydrogen-bond donors (Lipinski definition) is 2. The van der Waals surface area contributed by atoms with Crippen LogP contribution in [-0.2, 0) is 13.0 Å². The van der Waals surface area contributed by atoms with E-state index < -0.39 is 0 Å². The summed E-state index contributed by atoms with van der Waals surface area (Å²) >= 11 is 0. The zero-order chi connectivity index (χ0) is 18.2. The van der Waals surface area contributed by atoms with Gasteiger partial charge < -0.3 is 15.8 Å². The summed E-state index contributed by atoms with van der Waals surface area (Å²) in [5, 5.41) is 7.60. The summed E-state index contributed by atoms with van der Waals surface area (Å²) in [6.07, 6.45) is 4.48. The molecule has 1 aromatic carbocycles. The third-order valence-electron chi connectivity index (χ3n) is 3.81. The van der Waals surface area contributed by atoms with Gasteiger partial charge in [-0.25, -0.2) is 9.67 Å². The number of pyridine rings is 1. The van der Waals surface area contributed by atoms with Crippen molar-refractivity contribution >= 4 is 5.96 Å². The fourth-order valence-electron chi connectivity index (χ4n) is 2.41. The highest BCUT2D eigenvalue weighted by molar-refractivity contribution is 5.77. The Morgan fingerprint density at radius 3 is 2.73 bits per heavy atom. The Bertz CT molecular complexity index is 842. The molecule has 0 bridgehead atoms. The maximum absolute atomic E-state index is 5.91. The van der Waals surface area contributed by atoms with Crippen molar-refractivity contribution in [2.75, 3.05) is 13.7 Å². The molecule has 0 saturated heterocycles. The topological polar surface area (TPSA) is 90.3 Å². The van der Waals surface area contributed by atoms with Crippen molar-refractivity contribution in [2.24, 2.45) is 10.7 Å². The minimum absolute atomic E-state index is 0.403. The first-order chi connectivity index (χ1) is 12.7. The van der Waals surface area contributed by atoms with Crippen LogP contribution in [0.2, 0.25) is 0 Å². The second-order valence-electron chi connectivity index (χ2n) is 5.65. The molecule has 2 heterocycles. The summed E-state index contributed by atoms with van der Waals surface area (Å²) in [4.78, 5) is 8.60. The Morgan fingerprint density at radius 2 is 2.00 bits per heavy atom. The average molecular weight is 350 g/mol. The van der Waals surface area contributed by atoms with Gasteiger partial charge >= 0.3 is 0 Å². The molecule has 134 valence electrons. The zero-order valence-corrected chi connectivity index (χ0v) is 14.7. The molecule has 2 aromatic heterocycles. The molecule has 7 heteroatoms. The number of nitrogens with two attached hydrogens (primary N) is 1. The highest BCUT2D eigenvalue weighted by atomic mass is 16.5. The van der Waals surface area contributed by atoms with Gasteiger partial charge in [0.1, 0.15) is 5.75 Å². The molecular weight excluding hydrogens is 328 g/mol. The van der Waals surface area contributed by atoms with Crippen LogP contribution in [-0.4, -0.2) is 34.4 Å². The van der Waals surface area contributed by atoms with Gasteiger partial charge in [0.05, 0.1) is 25.0 Å². The first-order valence-electron chi connectivity index (χ1n) is 8.37. The standard InChI is InChI=1S/C19H22N6O/c1-26-18-7-5-17(6-8-18)25-13-10-16(24-25)14-23-19(20)22-12-9-15-4-2-3-11-21-15/h2-8,10-11,13H,9,12,14H2,1H3,(H3,20,22,23). The Labute approximate surface area is 152 Å². The van der Waals surface area contributed by atoms with Crippen LogP contribution < -0.4 is 15.8 Å². The van der Waals surface area contributed by atoms with Gasteiger partial charge in [0.2, 0.25) is 0 Å². The quantitative estimate of drug-likeness (QED) is 0.502. The molecule has 0 unspecified atom stereocenters. The Balaban J connectivity index is 1.50. The number of aromatic nitrogens is 3. The molecule has 26 heavy (non-hydrogen) atoms. The first kappa shape index (κ1) is 17.5. The Kier molecular flexibility index (Phi) is 5.82. The molecule has 0 aliphatic carbocycles. The van der Waals surface area contributed by atoms with Crippen LogP contribution in [0.4, 0.5) is 0 Å². The molecule has 0 spiro atoms. The van der Waals surface area contributed by atoms with Crippen molar-refractivity contribution in [1.82, 2.24) is 20.1 Å². The van der Waals surface area contributed by atoms with Gasteiger partial charge in [-0.05, 0) is 42.5 Å². The molecule has 3 aromatic rings. The molecule has 7 nitrogen and oxygen atoms in total. The van der Waals surface area contributed by atoms with Crippen LogP contribution in [0.5, 0.6) is 5.75 Å². The van der Waals surface area contributed by atoms with Gasteiger partial charge in [-0.15, -0.1) is 0 Å². The Morgan fingerprint density at radius 1 is 1.15 bits per heavy atom. The maximum Gasteiger partial charge on any atom is 0.188 e. The zero-order valence-electron chi connectivity index (χ0n) is 14.7. The number of aliphatic imine (C=N–C) groups is 1. The first-order valence-corrected chi connectivity index (χ1v) is 8.37. The van der Waals surface area contributed by atoms with Crippen LogP contribution in [0.1, 0.15) is 11.4 Å². The number of nitrogens with one attached hydrogen (secondary N) is 1. The van der Waals surface area contributed by atoms with E-state index in [1.807, 2.05) is 54.7 Å². The normalized spacial score (nSPS) is 11.3. The van der Waals surface area contributed by atoms with Crippen molar-refractivity contribution in [3.8, 4) is 11.4 Å². The minimum atomic E-state index is 0.403. The molecule has 0 fully saturated rings. The highest BCUT2D eigenvalue weighted by Gasteiger charge is 2.02. The second-order valence-corrected chi connectivity index (χ2v) is 5.65. The van der Waals surface area contributed by atoms with E-state index in [1.54, 1.807) is 18.0 Å². The van der Waals surface area contributed by atoms with Gasteiger partial charge in [0, 0.05) is 31.1 Å². The van der Waals surface area contributed by atoms with E-state index in [-0.39, 0.29) is 0 Å². The van der Waals surface area contributed by atoms with Crippen LogP contribution in [0.3, 0.4) is 0 Å². The van der Waals surface area contributed by atoms with E-state index in [9.17, 15) is 0 Å². The lowest BCUT2D eigenvalue weighted by Crippen LogP contribution is -2.33. The number of methoxy groups -OCH3 is 1. The van der Waals surface area contributed by atoms with E-state index >= 15 is 0 Å². The van der Waals surface area contributed by atoms with Crippen LogP contribution in [0.15, 0.2) is 65.9 Å². The molecule has 3 rings (SSSR count). The molecular formula is C19H22N6O. The van der Waals surface area contributed by atoms with Crippen molar-refractivity contribution in [2.45, 2.75) is 13.0 Å². The molecule has 0 aliphatic rings. The average Bonchev–Trinajstić information content (AvgIpc) is 3.16. The van der Waals surface area contributed by atoms with Gasteiger partial charge in [-0.1, -0.05) is 6.07 Å². The third-order valence-corrected chi connectivity index (χ3v) is 3.81. The van der Waals surface area contributed by atoms with Crippen molar-refractivity contribution < 1.29 is 4.74 Å². The maximum atomic E-state index is 5.91. The summed E-state index contributed by atoms with van der Waals surface area (Å²) in [6.45, 7) is 1.11. The number of benzene rings is 1. The predicted octanol–water partition coefficient (Wildman–Crippen LogP) is 1.92. The summed E-state index contributed by atoms with van der Waals surface area (Å²) in [7, 11) is 1.65. The van der Waals surface area contributed by atoms with E-state index in [1.165, 1.54) is 0 Å². The van der Waals surface area contributed by atoms with E-state index in [0.717, 1.165) is 29.2 Å². The van der Waals surface area contributed by atoms with Gasteiger partial charge in [0.15, 0.2) is 5.96 Å².